The van der Waals surface area contributed by atoms with Crippen molar-refractivity contribution in [3.05, 3.63) is 35.4 Å². The fraction of sp³-hybridized carbons (Fsp3) is 0.562. The zero-order valence-corrected chi connectivity index (χ0v) is 11.1. The molecular formula is C16H20O2. The fourth-order valence-electron chi connectivity index (χ4n) is 3.68. The lowest BCUT2D eigenvalue weighted by molar-refractivity contribution is -0.148. The third-order valence-electron chi connectivity index (χ3n) is 4.64. The Labute approximate surface area is 108 Å². The summed E-state index contributed by atoms with van der Waals surface area (Å²) in [6.07, 6.45) is 3.67. The molecule has 1 aromatic carbocycles. The number of fused-ring (bicyclic) bond motifs is 1. The lowest BCUT2D eigenvalue weighted by Crippen LogP contribution is -2.25. The van der Waals surface area contributed by atoms with E-state index in [0.717, 1.165) is 6.42 Å². The molecule has 2 nitrogen and oxygen atoms in total. The first kappa shape index (κ1) is 11.8. The second-order valence-corrected chi connectivity index (χ2v) is 5.76. The second kappa shape index (κ2) is 4.11. The monoisotopic (exact) mass is 244 g/mol. The van der Waals surface area contributed by atoms with Crippen LogP contribution in [0.2, 0.25) is 0 Å². The highest BCUT2D eigenvalue weighted by atomic mass is 16.5. The van der Waals surface area contributed by atoms with Crippen LogP contribution in [0.5, 0.6) is 0 Å². The molecule has 0 heterocycles. The highest BCUT2D eigenvalue weighted by Gasteiger charge is 2.57. The van der Waals surface area contributed by atoms with Gasteiger partial charge < -0.3 is 4.74 Å². The number of benzene rings is 1. The van der Waals surface area contributed by atoms with E-state index in [4.69, 9.17) is 4.74 Å². The van der Waals surface area contributed by atoms with Gasteiger partial charge in [0.25, 0.3) is 0 Å². The summed E-state index contributed by atoms with van der Waals surface area (Å²) in [4.78, 5) is 12.0. The largest absolute Gasteiger partial charge is 0.466 e. The maximum Gasteiger partial charge on any atom is 0.309 e. The molecule has 2 aliphatic carbocycles. The van der Waals surface area contributed by atoms with Crippen LogP contribution in [0.3, 0.4) is 0 Å². The average Bonchev–Trinajstić information content (AvgIpc) is 3.04. The summed E-state index contributed by atoms with van der Waals surface area (Å²) in [5.41, 5.74) is 3.20. The molecule has 0 bridgehead atoms. The van der Waals surface area contributed by atoms with Gasteiger partial charge in [-0.05, 0) is 42.7 Å². The molecule has 0 aromatic heterocycles. The van der Waals surface area contributed by atoms with Crippen molar-refractivity contribution in [2.24, 2.45) is 11.3 Å². The third kappa shape index (κ3) is 1.66. The molecule has 2 atom stereocenters. The molecule has 1 aromatic rings. The molecule has 96 valence electrons. The molecule has 1 fully saturated rings. The molecule has 18 heavy (non-hydrogen) atoms. The van der Waals surface area contributed by atoms with Gasteiger partial charge in [0.15, 0.2) is 0 Å². The number of rotatable bonds is 3. The minimum Gasteiger partial charge on any atom is -0.466 e. The quantitative estimate of drug-likeness (QED) is 0.762. The van der Waals surface area contributed by atoms with Crippen molar-refractivity contribution < 1.29 is 9.53 Å². The summed E-state index contributed by atoms with van der Waals surface area (Å²) in [6, 6.07) is 8.60. The molecule has 0 N–H and O–H groups in total. The van der Waals surface area contributed by atoms with Crippen LogP contribution < -0.4 is 0 Å². The zero-order valence-electron chi connectivity index (χ0n) is 11.1. The van der Waals surface area contributed by atoms with E-state index >= 15 is 0 Å². The van der Waals surface area contributed by atoms with Crippen LogP contribution in [0.15, 0.2) is 24.3 Å². The number of carbonyl (C=O) groups excluding carboxylic acids is 1. The summed E-state index contributed by atoms with van der Waals surface area (Å²) in [7, 11) is 0. The smallest absolute Gasteiger partial charge is 0.309 e. The number of hydrogen-bond acceptors (Lipinski definition) is 2. The van der Waals surface area contributed by atoms with Crippen LogP contribution in [0.25, 0.3) is 0 Å². The Balaban J connectivity index is 1.92. The maximum absolute atomic E-state index is 12.0. The van der Waals surface area contributed by atoms with E-state index in [2.05, 4.69) is 24.3 Å². The van der Waals surface area contributed by atoms with Crippen LogP contribution in [0, 0.1) is 11.3 Å². The summed E-state index contributed by atoms with van der Waals surface area (Å²) < 4.78 is 5.21. The van der Waals surface area contributed by atoms with Gasteiger partial charge >= 0.3 is 5.97 Å². The molecule has 2 aliphatic rings. The first-order valence-corrected chi connectivity index (χ1v) is 6.92. The van der Waals surface area contributed by atoms with Gasteiger partial charge in [0.1, 0.15) is 0 Å². The highest BCUT2D eigenvalue weighted by molar-refractivity contribution is 5.74. The Bertz CT molecular complexity index is 474. The predicted molar refractivity (Wildman–Crippen MR) is 70.4 cm³/mol. The van der Waals surface area contributed by atoms with Crippen LogP contribution >= 0.6 is 0 Å². The highest BCUT2D eigenvalue weighted by Crippen LogP contribution is 2.65. The van der Waals surface area contributed by atoms with Gasteiger partial charge in [-0.1, -0.05) is 31.2 Å². The maximum atomic E-state index is 12.0. The van der Waals surface area contributed by atoms with Crippen LogP contribution in [0.4, 0.5) is 0 Å². The summed E-state index contributed by atoms with van der Waals surface area (Å²) in [5.74, 6) is 0.314. The predicted octanol–water partition coefficient (Wildman–Crippen LogP) is 3.31. The van der Waals surface area contributed by atoms with Crippen molar-refractivity contribution in [3.8, 4) is 0 Å². The van der Waals surface area contributed by atoms with Crippen molar-refractivity contribution in [2.75, 3.05) is 6.61 Å². The van der Waals surface area contributed by atoms with Gasteiger partial charge in [-0.15, -0.1) is 0 Å². The Hall–Kier alpha value is -1.31. The van der Waals surface area contributed by atoms with Crippen molar-refractivity contribution in [1.82, 2.24) is 0 Å². The van der Waals surface area contributed by atoms with Crippen molar-refractivity contribution in [1.29, 1.82) is 0 Å². The Morgan fingerprint density at radius 2 is 2.17 bits per heavy atom. The summed E-state index contributed by atoms with van der Waals surface area (Å²) in [6.45, 7) is 4.38. The topological polar surface area (TPSA) is 26.3 Å². The van der Waals surface area contributed by atoms with Crippen LogP contribution in [-0.4, -0.2) is 12.6 Å². The summed E-state index contributed by atoms with van der Waals surface area (Å²) in [5, 5.41) is 0. The average molecular weight is 244 g/mol. The Morgan fingerprint density at radius 1 is 1.44 bits per heavy atom. The van der Waals surface area contributed by atoms with E-state index in [1.54, 1.807) is 0 Å². The van der Waals surface area contributed by atoms with Gasteiger partial charge in [-0.3, -0.25) is 4.79 Å². The van der Waals surface area contributed by atoms with Crippen molar-refractivity contribution >= 4 is 5.97 Å². The molecule has 1 saturated carbocycles. The Morgan fingerprint density at radius 3 is 2.83 bits per heavy atom. The van der Waals surface area contributed by atoms with Crippen LogP contribution in [-0.2, 0) is 16.0 Å². The lowest BCUT2D eigenvalue weighted by atomic mass is 9.80. The minimum atomic E-state index is -0.0366. The normalized spacial score (nSPS) is 24.7. The molecule has 1 unspecified atom stereocenters. The molecule has 0 saturated heterocycles. The first-order chi connectivity index (χ1) is 8.68. The van der Waals surface area contributed by atoms with Crippen molar-refractivity contribution in [3.63, 3.8) is 0 Å². The molecular weight excluding hydrogens is 224 g/mol. The van der Waals surface area contributed by atoms with E-state index in [-0.39, 0.29) is 11.9 Å². The molecule has 0 amide bonds. The van der Waals surface area contributed by atoms with Crippen LogP contribution in [0.1, 0.15) is 43.7 Å². The van der Waals surface area contributed by atoms with Gasteiger partial charge in [0, 0.05) is 5.92 Å². The minimum absolute atomic E-state index is 0.0175. The van der Waals surface area contributed by atoms with Gasteiger partial charge in [-0.2, -0.15) is 0 Å². The molecule has 3 rings (SSSR count). The van der Waals surface area contributed by atoms with Gasteiger partial charge in [-0.25, -0.2) is 0 Å². The Kier molecular flexibility index (Phi) is 2.69. The number of ether oxygens (including phenoxy) is 1. The second-order valence-electron chi connectivity index (χ2n) is 5.76. The number of carbonyl (C=O) groups is 1. The number of esters is 1. The lowest BCUT2D eigenvalue weighted by Gasteiger charge is -2.25. The zero-order chi connectivity index (χ0) is 12.8. The van der Waals surface area contributed by atoms with Gasteiger partial charge in [0.05, 0.1) is 12.5 Å². The summed E-state index contributed by atoms with van der Waals surface area (Å²) >= 11 is 0. The number of hydrogen-bond donors (Lipinski definition) is 0. The first-order valence-electron chi connectivity index (χ1n) is 6.92. The molecule has 1 spiro atoms. The fourth-order valence-corrected chi connectivity index (χ4v) is 3.68. The van der Waals surface area contributed by atoms with Crippen molar-refractivity contribution in [2.45, 2.75) is 39.0 Å². The molecule has 2 heteroatoms. The van der Waals surface area contributed by atoms with E-state index < -0.39 is 0 Å². The van der Waals surface area contributed by atoms with Gasteiger partial charge in [0.2, 0.25) is 0 Å². The van der Waals surface area contributed by atoms with E-state index in [1.165, 1.54) is 24.0 Å². The third-order valence-corrected chi connectivity index (χ3v) is 4.64. The van der Waals surface area contributed by atoms with E-state index in [1.807, 2.05) is 13.8 Å². The molecule has 0 aliphatic heterocycles. The standard InChI is InChI=1S/C16H20O2/c1-3-18-15(17)11(2)14-13-7-5-4-6-12(13)10-16(14)8-9-16/h4-7,11,14H,3,8-10H2,1-2H3/t11-,14?/m0/s1. The SMILES string of the molecule is CCOC(=O)[C@@H](C)C1c2ccccc2CC12CC2. The van der Waals surface area contributed by atoms with E-state index in [0.29, 0.717) is 17.9 Å². The van der Waals surface area contributed by atoms with E-state index in [9.17, 15) is 4.79 Å². The molecule has 0 radical (unpaired) electrons.